The van der Waals surface area contributed by atoms with E-state index in [0.717, 1.165) is 10.0 Å². The molecule has 0 spiro atoms. The van der Waals surface area contributed by atoms with E-state index < -0.39 is 0 Å². The second kappa shape index (κ2) is 5.26. The highest BCUT2D eigenvalue weighted by atomic mass is 79.9. The molecule has 1 aromatic carbocycles. The molecule has 1 aromatic rings. The van der Waals surface area contributed by atoms with Gasteiger partial charge in [0.15, 0.2) is 0 Å². The van der Waals surface area contributed by atoms with Crippen LogP contribution in [0.15, 0.2) is 28.7 Å². The van der Waals surface area contributed by atoms with Crippen LogP contribution in [0.2, 0.25) is 0 Å². The average Bonchev–Trinajstić information content (AvgIpc) is 2.61. The summed E-state index contributed by atoms with van der Waals surface area (Å²) in [6.07, 6.45) is 0. The Bertz CT molecular complexity index is 585. The number of nitrogens with zero attached hydrogens (tertiary/aromatic N) is 2. The summed E-state index contributed by atoms with van der Waals surface area (Å²) in [4.78, 5) is 17.1. The van der Waals surface area contributed by atoms with Gasteiger partial charge < -0.3 is 9.80 Å². The van der Waals surface area contributed by atoms with Crippen LogP contribution in [0.5, 0.6) is 0 Å². The first-order valence-corrected chi connectivity index (χ1v) is 8.55. The minimum Gasteiger partial charge on any atom is -0.317 e. The Hall–Kier alpha value is -1.03. The highest BCUT2D eigenvalue weighted by Crippen LogP contribution is 2.43. The van der Waals surface area contributed by atoms with Gasteiger partial charge in [0.2, 0.25) is 0 Å². The van der Waals surface area contributed by atoms with Gasteiger partial charge in [0.1, 0.15) is 0 Å². The fraction of sp³-hybridized carbons (Fsp3) is 0.611. The van der Waals surface area contributed by atoms with Crippen LogP contribution in [-0.4, -0.2) is 33.5 Å². The third-order valence-electron chi connectivity index (χ3n) is 4.31. The van der Waals surface area contributed by atoms with Crippen LogP contribution in [0.4, 0.5) is 4.79 Å². The average molecular weight is 367 g/mol. The van der Waals surface area contributed by atoms with Crippen LogP contribution in [0.25, 0.3) is 0 Å². The molecule has 0 aromatic heterocycles. The highest BCUT2D eigenvalue weighted by Gasteiger charge is 2.54. The molecule has 1 unspecified atom stereocenters. The topological polar surface area (TPSA) is 23.6 Å². The van der Waals surface area contributed by atoms with Crippen molar-refractivity contribution in [3.63, 3.8) is 0 Å². The molecular weight excluding hydrogens is 340 g/mol. The number of amides is 2. The van der Waals surface area contributed by atoms with E-state index in [2.05, 4.69) is 76.5 Å². The normalized spacial score (nSPS) is 23.4. The molecule has 1 saturated heterocycles. The maximum Gasteiger partial charge on any atom is 0.321 e. The summed E-state index contributed by atoms with van der Waals surface area (Å²) in [5, 5.41) is 0. The lowest BCUT2D eigenvalue weighted by Crippen LogP contribution is -2.53. The van der Waals surface area contributed by atoms with Gasteiger partial charge in [0.25, 0.3) is 0 Å². The Kier molecular flexibility index (Phi) is 4.14. The van der Waals surface area contributed by atoms with Crippen molar-refractivity contribution < 1.29 is 4.79 Å². The van der Waals surface area contributed by atoms with E-state index >= 15 is 0 Å². The largest absolute Gasteiger partial charge is 0.321 e. The highest BCUT2D eigenvalue weighted by molar-refractivity contribution is 9.10. The van der Waals surface area contributed by atoms with Crippen LogP contribution in [0.3, 0.4) is 0 Å². The maximum atomic E-state index is 13.1. The minimum absolute atomic E-state index is 0.113. The van der Waals surface area contributed by atoms with Crippen molar-refractivity contribution in [3.8, 4) is 0 Å². The van der Waals surface area contributed by atoms with Gasteiger partial charge in [-0.25, -0.2) is 4.79 Å². The number of urea groups is 1. The number of hydrogen-bond donors (Lipinski definition) is 0. The molecule has 0 bridgehead atoms. The minimum atomic E-state index is -0.341. The third-order valence-corrected chi connectivity index (χ3v) is 4.80. The lowest BCUT2D eigenvalue weighted by Gasteiger charge is -2.43. The van der Waals surface area contributed by atoms with Crippen molar-refractivity contribution in [1.82, 2.24) is 9.80 Å². The van der Waals surface area contributed by atoms with Crippen molar-refractivity contribution in [2.75, 3.05) is 6.54 Å². The molecule has 0 N–H and O–H groups in total. The molecule has 4 heteroatoms. The van der Waals surface area contributed by atoms with Gasteiger partial charge in [-0.3, -0.25) is 0 Å². The van der Waals surface area contributed by atoms with E-state index in [1.165, 1.54) is 0 Å². The molecule has 2 amide bonds. The summed E-state index contributed by atoms with van der Waals surface area (Å²) in [5.74, 6) is 0. The first kappa shape index (κ1) is 17.3. The summed E-state index contributed by atoms with van der Waals surface area (Å²) >= 11 is 3.56. The number of carbonyl (C=O) groups is 1. The first-order chi connectivity index (χ1) is 9.87. The van der Waals surface area contributed by atoms with E-state index in [4.69, 9.17) is 0 Å². The summed E-state index contributed by atoms with van der Waals surface area (Å²) < 4.78 is 1.04. The van der Waals surface area contributed by atoms with Crippen LogP contribution < -0.4 is 0 Å². The van der Waals surface area contributed by atoms with E-state index in [0.29, 0.717) is 6.54 Å². The van der Waals surface area contributed by atoms with Crippen molar-refractivity contribution in [2.24, 2.45) is 0 Å². The van der Waals surface area contributed by atoms with Gasteiger partial charge in [-0.15, -0.1) is 0 Å². The fourth-order valence-corrected chi connectivity index (χ4v) is 3.77. The van der Waals surface area contributed by atoms with Gasteiger partial charge in [-0.2, -0.15) is 0 Å². The Labute approximate surface area is 142 Å². The zero-order valence-electron chi connectivity index (χ0n) is 14.7. The second-order valence-corrected chi connectivity index (χ2v) is 9.25. The summed E-state index contributed by atoms with van der Waals surface area (Å²) in [6, 6.07) is 8.41. The Morgan fingerprint density at radius 3 is 2.14 bits per heavy atom. The third kappa shape index (κ3) is 2.90. The van der Waals surface area contributed by atoms with Crippen LogP contribution in [0.1, 0.15) is 54.0 Å². The number of hydrogen-bond acceptors (Lipinski definition) is 1. The summed E-state index contributed by atoms with van der Waals surface area (Å²) in [7, 11) is 0. The number of rotatable bonds is 1. The van der Waals surface area contributed by atoms with Gasteiger partial charge in [-0.05, 0) is 66.2 Å². The van der Waals surface area contributed by atoms with Gasteiger partial charge in [-0.1, -0.05) is 28.1 Å². The maximum absolute atomic E-state index is 13.1. The predicted octanol–water partition coefficient (Wildman–Crippen LogP) is 5.00. The Morgan fingerprint density at radius 2 is 1.68 bits per heavy atom. The molecular formula is C18H27BrN2O. The summed E-state index contributed by atoms with van der Waals surface area (Å²) in [6.45, 7) is 15.5. The van der Waals surface area contributed by atoms with Crippen molar-refractivity contribution >= 4 is 22.0 Å². The van der Waals surface area contributed by atoms with E-state index in [9.17, 15) is 4.79 Å². The number of benzene rings is 1. The Balaban J connectivity index is 2.59. The molecule has 2 rings (SSSR count). The van der Waals surface area contributed by atoms with Crippen LogP contribution >= 0.6 is 15.9 Å². The molecule has 3 nitrogen and oxygen atoms in total. The van der Waals surface area contributed by atoms with Crippen LogP contribution in [0, 0.1) is 0 Å². The smallest absolute Gasteiger partial charge is 0.317 e. The molecule has 0 aliphatic carbocycles. The molecule has 1 heterocycles. The molecule has 22 heavy (non-hydrogen) atoms. The zero-order chi connectivity index (χ0) is 16.9. The van der Waals surface area contributed by atoms with Gasteiger partial charge in [0, 0.05) is 15.6 Å². The van der Waals surface area contributed by atoms with Gasteiger partial charge in [0.05, 0.1) is 12.1 Å². The SMILES string of the molecule is CC(C)(C)N1CC(C)(c2cccc(Br)c2)N(C(C)(C)C)C1=O. The lowest BCUT2D eigenvalue weighted by molar-refractivity contribution is 0.0876. The standard InChI is InChI=1S/C18H27BrN2O/c1-16(2,3)20-12-18(7,13-9-8-10-14(19)11-13)21(15(20)22)17(4,5)6/h8-11H,12H2,1-7H3. The molecule has 1 aliphatic heterocycles. The fourth-order valence-electron chi connectivity index (χ4n) is 3.37. The molecule has 122 valence electrons. The monoisotopic (exact) mass is 366 g/mol. The zero-order valence-corrected chi connectivity index (χ0v) is 16.3. The Morgan fingerprint density at radius 1 is 1.09 bits per heavy atom. The van der Waals surface area contributed by atoms with Crippen molar-refractivity contribution in [3.05, 3.63) is 34.3 Å². The van der Waals surface area contributed by atoms with Crippen molar-refractivity contribution in [2.45, 2.75) is 65.1 Å². The predicted molar refractivity (Wildman–Crippen MR) is 94.9 cm³/mol. The molecule has 0 radical (unpaired) electrons. The van der Waals surface area contributed by atoms with E-state index in [-0.39, 0.29) is 22.6 Å². The summed E-state index contributed by atoms with van der Waals surface area (Å²) in [5.41, 5.74) is 0.391. The quantitative estimate of drug-likeness (QED) is 0.685. The molecule has 1 fully saturated rings. The molecule has 1 atom stereocenters. The second-order valence-electron chi connectivity index (χ2n) is 8.33. The van der Waals surface area contributed by atoms with E-state index in [1.807, 2.05) is 21.9 Å². The molecule has 1 aliphatic rings. The number of carbonyl (C=O) groups excluding carboxylic acids is 1. The first-order valence-electron chi connectivity index (χ1n) is 7.75. The molecule has 0 saturated carbocycles. The number of halogens is 1. The van der Waals surface area contributed by atoms with Gasteiger partial charge >= 0.3 is 6.03 Å². The van der Waals surface area contributed by atoms with E-state index in [1.54, 1.807) is 0 Å². The van der Waals surface area contributed by atoms with Crippen LogP contribution in [-0.2, 0) is 5.54 Å². The van der Waals surface area contributed by atoms with Crippen molar-refractivity contribution in [1.29, 1.82) is 0 Å². The lowest BCUT2D eigenvalue weighted by atomic mass is 9.87.